The van der Waals surface area contributed by atoms with Crippen LogP contribution in [0.25, 0.3) is 0 Å². The molecular weight excluding hydrogens is 390 g/mol. The predicted octanol–water partition coefficient (Wildman–Crippen LogP) is 2.17. The third-order valence-electron chi connectivity index (χ3n) is 4.87. The standard InChI is InChI=1S/C21H23N3O4S/c1-16-7-9-19(10-8-16)29(26,27)24-13-11-23(12-14-24)21(25)17(2)28-20-6-4-3-5-18(20)15-22/h3-10,17H,11-14H2,1-2H3. The van der Waals surface area contributed by atoms with Gasteiger partial charge < -0.3 is 9.64 Å². The number of carbonyl (C=O) groups is 1. The zero-order chi connectivity index (χ0) is 21.0. The number of sulfonamides is 1. The fourth-order valence-electron chi connectivity index (χ4n) is 3.17. The fourth-order valence-corrected chi connectivity index (χ4v) is 4.59. The van der Waals surface area contributed by atoms with Crippen LogP contribution in [0.1, 0.15) is 18.1 Å². The maximum atomic E-state index is 12.8. The van der Waals surface area contributed by atoms with Crippen LogP contribution in [-0.4, -0.2) is 55.8 Å². The summed E-state index contributed by atoms with van der Waals surface area (Å²) in [5, 5.41) is 9.15. The maximum Gasteiger partial charge on any atom is 0.263 e. The van der Waals surface area contributed by atoms with Crippen LogP contribution in [0.3, 0.4) is 0 Å². The van der Waals surface area contributed by atoms with Crippen LogP contribution >= 0.6 is 0 Å². The van der Waals surface area contributed by atoms with Gasteiger partial charge >= 0.3 is 0 Å². The first-order valence-corrected chi connectivity index (χ1v) is 10.8. The summed E-state index contributed by atoms with van der Waals surface area (Å²) in [4.78, 5) is 14.6. The van der Waals surface area contributed by atoms with E-state index < -0.39 is 16.1 Å². The molecule has 0 N–H and O–H groups in total. The molecule has 1 saturated heterocycles. The number of para-hydroxylation sites is 1. The molecule has 29 heavy (non-hydrogen) atoms. The smallest absolute Gasteiger partial charge is 0.263 e. The molecule has 0 saturated carbocycles. The van der Waals surface area contributed by atoms with Crippen molar-refractivity contribution in [2.45, 2.75) is 24.8 Å². The monoisotopic (exact) mass is 413 g/mol. The van der Waals surface area contributed by atoms with E-state index in [-0.39, 0.29) is 37.0 Å². The number of amides is 1. The highest BCUT2D eigenvalue weighted by molar-refractivity contribution is 7.89. The van der Waals surface area contributed by atoms with Gasteiger partial charge in [-0.2, -0.15) is 9.57 Å². The van der Waals surface area contributed by atoms with Gasteiger partial charge in [-0.3, -0.25) is 4.79 Å². The Morgan fingerprint density at radius 3 is 2.31 bits per heavy atom. The third-order valence-corrected chi connectivity index (χ3v) is 6.78. The number of rotatable bonds is 5. The number of aryl methyl sites for hydroxylation is 1. The summed E-state index contributed by atoms with van der Waals surface area (Å²) in [5.74, 6) is 0.126. The van der Waals surface area contributed by atoms with Crippen LogP contribution in [0.15, 0.2) is 53.4 Å². The Bertz CT molecular complexity index is 1020. The summed E-state index contributed by atoms with van der Waals surface area (Å²) < 4.78 is 32.7. The molecule has 1 atom stereocenters. The van der Waals surface area contributed by atoms with E-state index in [1.54, 1.807) is 60.4 Å². The Morgan fingerprint density at radius 2 is 1.69 bits per heavy atom. The van der Waals surface area contributed by atoms with Crippen molar-refractivity contribution in [1.29, 1.82) is 5.26 Å². The van der Waals surface area contributed by atoms with Crippen LogP contribution in [0, 0.1) is 18.3 Å². The molecule has 0 spiro atoms. The molecule has 3 rings (SSSR count). The van der Waals surface area contributed by atoms with Crippen LogP contribution in [0.2, 0.25) is 0 Å². The van der Waals surface area contributed by atoms with Gasteiger partial charge in [-0.1, -0.05) is 29.8 Å². The Hall–Kier alpha value is -2.89. The molecule has 1 heterocycles. The molecule has 2 aromatic rings. The minimum Gasteiger partial charge on any atom is -0.480 e. The Labute approximate surface area is 171 Å². The van der Waals surface area contributed by atoms with E-state index in [9.17, 15) is 13.2 Å². The summed E-state index contributed by atoms with van der Waals surface area (Å²) in [6.07, 6.45) is -0.773. The zero-order valence-corrected chi connectivity index (χ0v) is 17.2. The van der Waals surface area contributed by atoms with Crippen molar-refractivity contribution in [2.24, 2.45) is 0 Å². The molecule has 1 fully saturated rings. The number of ether oxygens (including phenoxy) is 1. The first-order valence-electron chi connectivity index (χ1n) is 9.34. The van der Waals surface area contributed by atoms with Crippen LogP contribution in [-0.2, 0) is 14.8 Å². The SMILES string of the molecule is Cc1ccc(S(=O)(=O)N2CCN(C(=O)C(C)Oc3ccccc3C#N)CC2)cc1. The number of nitriles is 1. The molecule has 7 nitrogen and oxygen atoms in total. The third kappa shape index (κ3) is 4.58. The normalized spacial score (nSPS) is 16.1. The minimum atomic E-state index is -3.58. The molecule has 1 aliphatic heterocycles. The van der Waals surface area contributed by atoms with Crippen molar-refractivity contribution in [2.75, 3.05) is 26.2 Å². The summed E-state index contributed by atoms with van der Waals surface area (Å²) in [6, 6.07) is 15.5. The van der Waals surface area contributed by atoms with Crippen molar-refractivity contribution in [3.05, 3.63) is 59.7 Å². The molecule has 152 valence electrons. The van der Waals surface area contributed by atoms with Gasteiger partial charge in [-0.15, -0.1) is 0 Å². The lowest BCUT2D eigenvalue weighted by Crippen LogP contribution is -2.53. The lowest BCUT2D eigenvalue weighted by Gasteiger charge is -2.35. The molecule has 1 unspecified atom stereocenters. The van der Waals surface area contributed by atoms with Gasteiger partial charge in [-0.25, -0.2) is 8.42 Å². The second-order valence-corrected chi connectivity index (χ2v) is 8.85. The van der Waals surface area contributed by atoms with Gasteiger partial charge in [0.1, 0.15) is 11.8 Å². The van der Waals surface area contributed by atoms with Gasteiger partial charge in [0, 0.05) is 26.2 Å². The summed E-state index contributed by atoms with van der Waals surface area (Å²) in [7, 11) is -3.58. The number of carbonyl (C=O) groups excluding carboxylic acids is 1. The first kappa shape index (κ1) is 20.8. The quantitative estimate of drug-likeness (QED) is 0.749. The summed E-state index contributed by atoms with van der Waals surface area (Å²) in [6.45, 7) is 4.56. The largest absolute Gasteiger partial charge is 0.480 e. The fraction of sp³-hybridized carbons (Fsp3) is 0.333. The van der Waals surface area contributed by atoms with Crippen molar-refractivity contribution in [1.82, 2.24) is 9.21 Å². The van der Waals surface area contributed by atoms with E-state index in [2.05, 4.69) is 0 Å². The van der Waals surface area contributed by atoms with Gasteiger partial charge in [0.15, 0.2) is 6.10 Å². The number of piperazine rings is 1. The van der Waals surface area contributed by atoms with E-state index in [1.165, 1.54) is 4.31 Å². The van der Waals surface area contributed by atoms with Gasteiger partial charge in [0.25, 0.3) is 5.91 Å². The highest BCUT2D eigenvalue weighted by atomic mass is 32.2. The molecule has 0 aliphatic carbocycles. The number of nitrogens with zero attached hydrogens (tertiary/aromatic N) is 3. The predicted molar refractivity (Wildman–Crippen MR) is 108 cm³/mol. The van der Waals surface area contributed by atoms with Crippen molar-refractivity contribution < 1.29 is 17.9 Å². The molecule has 8 heteroatoms. The van der Waals surface area contributed by atoms with Crippen LogP contribution < -0.4 is 4.74 Å². The molecule has 0 bridgehead atoms. The molecule has 2 aromatic carbocycles. The van der Waals surface area contributed by atoms with Crippen molar-refractivity contribution in [3.8, 4) is 11.8 Å². The minimum absolute atomic E-state index is 0.226. The maximum absolute atomic E-state index is 12.8. The zero-order valence-electron chi connectivity index (χ0n) is 16.4. The average Bonchev–Trinajstić information content (AvgIpc) is 2.74. The van der Waals surface area contributed by atoms with Crippen molar-refractivity contribution >= 4 is 15.9 Å². The highest BCUT2D eigenvalue weighted by Crippen LogP contribution is 2.21. The Morgan fingerprint density at radius 1 is 1.07 bits per heavy atom. The molecular formula is C21H23N3O4S. The molecule has 0 aromatic heterocycles. The van der Waals surface area contributed by atoms with E-state index in [0.29, 0.717) is 11.3 Å². The van der Waals surface area contributed by atoms with Gasteiger partial charge in [-0.05, 0) is 38.1 Å². The second-order valence-electron chi connectivity index (χ2n) is 6.91. The Balaban J connectivity index is 1.62. The number of hydrogen-bond acceptors (Lipinski definition) is 5. The van der Waals surface area contributed by atoms with E-state index >= 15 is 0 Å². The number of hydrogen-bond donors (Lipinski definition) is 0. The molecule has 1 amide bonds. The summed E-state index contributed by atoms with van der Waals surface area (Å²) >= 11 is 0. The van der Waals surface area contributed by atoms with E-state index in [1.807, 2.05) is 13.0 Å². The molecule has 1 aliphatic rings. The Kier molecular flexibility index (Phi) is 6.20. The number of benzene rings is 2. The van der Waals surface area contributed by atoms with Crippen LogP contribution in [0.5, 0.6) is 5.75 Å². The molecule has 0 radical (unpaired) electrons. The topological polar surface area (TPSA) is 90.7 Å². The van der Waals surface area contributed by atoms with Gasteiger partial charge in [0.05, 0.1) is 10.5 Å². The highest BCUT2D eigenvalue weighted by Gasteiger charge is 2.32. The van der Waals surface area contributed by atoms with E-state index in [0.717, 1.165) is 5.56 Å². The lowest BCUT2D eigenvalue weighted by molar-refractivity contribution is -0.139. The first-order chi connectivity index (χ1) is 13.8. The van der Waals surface area contributed by atoms with Crippen LogP contribution in [0.4, 0.5) is 0 Å². The van der Waals surface area contributed by atoms with Gasteiger partial charge in [0.2, 0.25) is 10.0 Å². The average molecular weight is 413 g/mol. The van der Waals surface area contributed by atoms with E-state index in [4.69, 9.17) is 10.00 Å². The van der Waals surface area contributed by atoms with Crippen molar-refractivity contribution in [3.63, 3.8) is 0 Å². The lowest BCUT2D eigenvalue weighted by atomic mass is 10.2. The summed E-state index contributed by atoms with van der Waals surface area (Å²) in [5.41, 5.74) is 1.35. The second kappa shape index (κ2) is 8.64.